The second-order valence-corrected chi connectivity index (χ2v) is 11.3. The molecule has 0 bridgehead atoms. The van der Waals surface area contributed by atoms with Gasteiger partial charge in [-0.15, -0.1) is 0 Å². The Balaban J connectivity index is 1.61. The quantitative estimate of drug-likeness (QED) is 0.0834. The van der Waals surface area contributed by atoms with Gasteiger partial charge < -0.3 is 33.3 Å². The predicted molar refractivity (Wildman–Crippen MR) is 166 cm³/mol. The molecule has 2 aromatic rings. The largest absolute Gasteiger partial charge is 0.491 e. The first-order chi connectivity index (χ1) is 21.0. The van der Waals surface area contributed by atoms with Gasteiger partial charge in [0, 0.05) is 0 Å². The molecule has 2 unspecified atom stereocenters. The van der Waals surface area contributed by atoms with Crippen LogP contribution in [-0.4, -0.2) is 83.2 Å². The summed E-state index contributed by atoms with van der Waals surface area (Å²) in [7, 11) is -4.29. The van der Waals surface area contributed by atoms with Crippen molar-refractivity contribution in [2.75, 3.05) is 66.1 Å². The van der Waals surface area contributed by atoms with E-state index in [-0.39, 0.29) is 25.4 Å². The van der Waals surface area contributed by atoms with Gasteiger partial charge in [0.15, 0.2) is 0 Å². The minimum absolute atomic E-state index is 0.0513. The molecule has 0 aromatic heterocycles. The zero-order valence-corrected chi connectivity index (χ0v) is 26.7. The lowest BCUT2D eigenvalue weighted by Crippen LogP contribution is -2.24. The Morgan fingerprint density at radius 3 is 1.40 bits per heavy atom. The molecule has 0 spiro atoms. The molecule has 2 aromatic carbocycles. The smallest absolute Gasteiger partial charge is 0.472 e. The molecule has 11 heteroatoms. The van der Waals surface area contributed by atoms with Gasteiger partial charge in [0.25, 0.3) is 0 Å². The maximum atomic E-state index is 12.6. The van der Waals surface area contributed by atoms with Crippen LogP contribution in [0.4, 0.5) is 0 Å². The number of ether oxygens (including phenoxy) is 6. The highest BCUT2D eigenvalue weighted by Crippen LogP contribution is 2.43. The van der Waals surface area contributed by atoms with Crippen LogP contribution in [0.15, 0.2) is 60.7 Å². The van der Waals surface area contributed by atoms with Crippen LogP contribution in [-0.2, 0) is 32.6 Å². The third-order valence-corrected chi connectivity index (χ3v) is 7.20. The Bertz CT molecular complexity index is 876. The molecule has 10 nitrogen and oxygen atoms in total. The number of benzene rings is 2. The van der Waals surface area contributed by atoms with Crippen molar-refractivity contribution in [3.05, 3.63) is 60.7 Å². The van der Waals surface area contributed by atoms with E-state index in [1.807, 2.05) is 60.7 Å². The van der Waals surface area contributed by atoms with Gasteiger partial charge >= 0.3 is 7.82 Å². The fourth-order valence-corrected chi connectivity index (χ4v) is 4.69. The lowest BCUT2D eigenvalue weighted by molar-refractivity contribution is -0.0386. The molecular weight excluding hydrogens is 575 g/mol. The number of phosphoric ester groups is 1. The third kappa shape index (κ3) is 19.8. The maximum Gasteiger partial charge on any atom is 0.472 e. The number of rotatable bonds is 28. The van der Waals surface area contributed by atoms with Gasteiger partial charge in [0.05, 0.1) is 65.1 Å². The average molecular weight is 627 g/mol. The van der Waals surface area contributed by atoms with E-state index in [2.05, 4.69) is 13.8 Å². The van der Waals surface area contributed by atoms with Gasteiger partial charge in [0.2, 0.25) is 0 Å². The zero-order chi connectivity index (χ0) is 30.9. The average Bonchev–Trinajstić information content (AvgIpc) is 3.03. The van der Waals surface area contributed by atoms with E-state index in [1.165, 1.54) is 0 Å². The van der Waals surface area contributed by atoms with Crippen molar-refractivity contribution in [2.45, 2.75) is 64.6 Å². The molecule has 0 amide bonds. The maximum absolute atomic E-state index is 12.6. The van der Waals surface area contributed by atoms with E-state index in [0.717, 1.165) is 37.2 Å². The van der Waals surface area contributed by atoms with Gasteiger partial charge in [-0.1, -0.05) is 75.9 Å². The Hall–Kier alpha value is -2.01. The van der Waals surface area contributed by atoms with Crippen molar-refractivity contribution in [3.63, 3.8) is 0 Å². The number of phosphoric acid groups is 1. The van der Waals surface area contributed by atoms with Crippen molar-refractivity contribution >= 4 is 7.82 Å². The van der Waals surface area contributed by atoms with Crippen LogP contribution in [0.2, 0.25) is 0 Å². The normalized spacial score (nSPS) is 14.2. The minimum Gasteiger partial charge on any atom is -0.491 e. The van der Waals surface area contributed by atoms with Crippen molar-refractivity contribution < 1.29 is 46.9 Å². The fourth-order valence-electron chi connectivity index (χ4n) is 3.91. The topological polar surface area (TPSA) is 111 Å². The third-order valence-electron chi connectivity index (χ3n) is 6.25. The van der Waals surface area contributed by atoms with Crippen molar-refractivity contribution in [3.8, 4) is 11.5 Å². The molecule has 0 radical (unpaired) electrons. The van der Waals surface area contributed by atoms with E-state index in [1.54, 1.807) is 0 Å². The summed E-state index contributed by atoms with van der Waals surface area (Å²) >= 11 is 0. The summed E-state index contributed by atoms with van der Waals surface area (Å²) in [4.78, 5) is 10.3. The lowest BCUT2D eigenvalue weighted by atomic mass is 10.2. The summed E-state index contributed by atoms with van der Waals surface area (Å²) in [6, 6.07) is 19.1. The first-order valence-corrected chi connectivity index (χ1v) is 16.9. The Morgan fingerprint density at radius 2 is 1.00 bits per heavy atom. The summed E-state index contributed by atoms with van der Waals surface area (Å²) in [5.41, 5.74) is 0. The highest BCUT2D eigenvalue weighted by atomic mass is 31.2. The van der Waals surface area contributed by atoms with E-state index in [9.17, 15) is 9.46 Å². The first-order valence-electron chi connectivity index (χ1n) is 15.4. The summed E-state index contributed by atoms with van der Waals surface area (Å²) in [5.74, 6) is 1.60. The second kappa shape index (κ2) is 24.3. The van der Waals surface area contributed by atoms with E-state index in [4.69, 9.17) is 37.5 Å². The van der Waals surface area contributed by atoms with Crippen LogP contribution in [0.1, 0.15) is 52.4 Å². The van der Waals surface area contributed by atoms with Crippen LogP contribution in [0.25, 0.3) is 0 Å². The van der Waals surface area contributed by atoms with E-state index < -0.39 is 7.82 Å². The molecule has 0 saturated heterocycles. The molecule has 43 heavy (non-hydrogen) atoms. The summed E-state index contributed by atoms with van der Waals surface area (Å²) in [6.45, 7) is 7.25. The first kappa shape index (κ1) is 37.2. The predicted octanol–water partition coefficient (Wildman–Crippen LogP) is 6.46. The molecule has 2 rings (SSSR count). The Labute approximate surface area is 257 Å². The molecule has 2 atom stereocenters. The SMILES string of the molecule is CCCCC(COP(=O)(O)OCC(CCCC)OCCOCCOc1ccccc1)OCCOCCOc1ccccc1. The van der Waals surface area contributed by atoms with Gasteiger partial charge in [-0.2, -0.15) is 0 Å². The van der Waals surface area contributed by atoms with Gasteiger partial charge in [0.1, 0.15) is 24.7 Å². The fraction of sp³-hybridized carbons (Fsp3) is 0.625. The van der Waals surface area contributed by atoms with Crippen LogP contribution >= 0.6 is 7.82 Å². The molecule has 244 valence electrons. The Morgan fingerprint density at radius 1 is 0.605 bits per heavy atom. The van der Waals surface area contributed by atoms with E-state index >= 15 is 0 Å². The number of hydrogen-bond donors (Lipinski definition) is 1. The second-order valence-electron chi connectivity index (χ2n) is 9.88. The van der Waals surface area contributed by atoms with Crippen LogP contribution in [0.5, 0.6) is 11.5 Å². The lowest BCUT2D eigenvalue weighted by Gasteiger charge is -2.22. The molecule has 0 fully saturated rings. The Kier molecular flexibility index (Phi) is 21.0. The molecule has 1 N–H and O–H groups in total. The monoisotopic (exact) mass is 626 g/mol. The molecule has 0 saturated carbocycles. The summed E-state index contributed by atoms with van der Waals surface area (Å²) < 4.78 is 57.3. The highest BCUT2D eigenvalue weighted by Gasteiger charge is 2.25. The van der Waals surface area contributed by atoms with Crippen LogP contribution < -0.4 is 9.47 Å². The highest BCUT2D eigenvalue weighted by molar-refractivity contribution is 7.47. The summed E-state index contributed by atoms with van der Waals surface area (Å²) in [6.07, 6.45) is 4.47. The van der Waals surface area contributed by atoms with Gasteiger partial charge in [-0.25, -0.2) is 4.57 Å². The van der Waals surface area contributed by atoms with Gasteiger partial charge in [-0.05, 0) is 37.1 Å². The van der Waals surface area contributed by atoms with Gasteiger partial charge in [-0.3, -0.25) is 9.05 Å². The molecule has 0 aliphatic carbocycles. The number of para-hydroxylation sites is 2. The molecule has 0 heterocycles. The van der Waals surface area contributed by atoms with Crippen LogP contribution in [0.3, 0.4) is 0 Å². The summed E-state index contributed by atoms with van der Waals surface area (Å²) in [5, 5.41) is 0. The molecule has 0 aliphatic rings. The van der Waals surface area contributed by atoms with Crippen molar-refractivity contribution in [1.29, 1.82) is 0 Å². The number of hydrogen-bond acceptors (Lipinski definition) is 9. The molecular formula is C32H51O10P. The number of unbranched alkanes of at least 4 members (excludes halogenated alkanes) is 2. The van der Waals surface area contributed by atoms with E-state index in [0.29, 0.717) is 65.7 Å². The van der Waals surface area contributed by atoms with Crippen molar-refractivity contribution in [2.24, 2.45) is 0 Å². The molecule has 0 aliphatic heterocycles. The zero-order valence-electron chi connectivity index (χ0n) is 25.8. The van der Waals surface area contributed by atoms with Crippen LogP contribution in [0, 0.1) is 0 Å². The standard InChI is InChI=1S/C32H51O10P/c1-3-5-13-31(39-25-21-35-19-23-37-29-15-9-7-10-16-29)27-41-43(33,34)42-28-32(14-6-4-2)40-26-22-36-20-24-38-30-17-11-8-12-18-30/h7-12,15-18,31-32H,3-6,13-14,19-28H2,1-2H3,(H,33,34). The minimum atomic E-state index is -4.29. The van der Waals surface area contributed by atoms with Crippen molar-refractivity contribution in [1.82, 2.24) is 0 Å².